The summed E-state index contributed by atoms with van der Waals surface area (Å²) in [4.78, 5) is 12.5. The van der Waals surface area contributed by atoms with Gasteiger partial charge in [0, 0.05) is 12.4 Å². The molecule has 5 nitrogen and oxygen atoms in total. The van der Waals surface area contributed by atoms with Crippen molar-refractivity contribution < 1.29 is 9.31 Å². The van der Waals surface area contributed by atoms with Crippen LogP contribution in [0.5, 0.6) is 0 Å². The predicted octanol–water partition coefficient (Wildman–Crippen LogP) is 1.84. The summed E-state index contributed by atoms with van der Waals surface area (Å²) in [7, 11) is -0.390. The van der Waals surface area contributed by atoms with E-state index in [1.54, 1.807) is 12.4 Å². The van der Waals surface area contributed by atoms with Crippen molar-refractivity contribution in [3.05, 3.63) is 36.9 Å². The van der Waals surface area contributed by atoms with Crippen LogP contribution in [0.25, 0.3) is 11.4 Å². The summed E-state index contributed by atoms with van der Waals surface area (Å²) in [5.41, 5.74) is 1.80. The Balaban J connectivity index is 1.92. The van der Waals surface area contributed by atoms with Crippen molar-refractivity contribution >= 4 is 12.6 Å². The lowest BCUT2D eigenvalue weighted by molar-refractivity contribution is 0.00578. The Morgan fingerprint density at radius 3 is 2.24 bits per heavy atom. The molecule has 0 unspecified atom stereocenters. The van der Waals surface area contributed by atoms with Crippen molar-refractivity contribution in [2.45, 2.75) is 38.9 Å². The third-order valence-corrected chi connectivity index (χ3v) is 4.15. The van der Waals surface area contributed by atoms with Crippen LogP contribution in [0.15, 0.2) is 36.9 Å². The molecule has 1 fully saturated rings. The minimum atomic E-state index is -0.390. The summed E-state index contributed by atoms with van der Waals surface area (Å²) in [6.45, 7) is 8.16. The summed E-state index contributed by atoms with van der Waals surface area (Å²) in [5, 5.41) is 0. The van der Waals surface area contributed by atoms with Gasteiger partial charge >= 0.3 is 7.12 Å². The normalized spacial score (nSPS) is 19.7. The maximum Gasteiger partial charge on any atom is 0.494 e. The van der Waals surface area contributed by atoms with Crippen molar-refractivity contribution in [1.82, 2.24) is 15.0 Å². The molecule has 0 aliphatic carbocycles. The monoisotopic (exact) mass is 283 g/mol. The van der Waals surface area contributed by atoms with Gasteiger partial charge in [-0.25, -0.2) is 9.97 Å². The number of hydrogen-bond donors (Lipinski definition) is 0. The highest BCUT2D eigenvalue weighted by atomic mass is 16.7. The van der Waals surface area contributed by atoms with Gasteiger partial charge in [0.2, 0.25) is 0 Å². The number of hydrogen-bond acceptors (Lipinski definition) is 5. The highest BCUT2D eigenvalue weighted by Crippen LogP contribution is 2.36. The van der Waals surface area contributed by atoms with Crippen molar-refractivity contribution in [3.63, 3.8) is 0 Å². The van der Waals surface area contributed by atoms with E-state index < -0.39 is 7.12 Å². The van der Waals surface area contributed by atoms with E-state index in [0.29, 0.717) is 0 Å². The van der Waals surface area contributed by atoms with Crippen molar-refractivity contribution in [1.29, 1.82) is 0 Å². The molecule has 0 radical (unpaired) electrons. The molecule has 1 aliphatic heterocycles. The molecule has 0 atom stereocenters. The van der Waals surface area contributed by atoms with Crippen LogP contribution < -0.4 is 5.46 Å². The molecule has 108 valence electrons. The Hall–Kier alpha value is -1.79. The summed E-state index contributed by atoms with van der Waals surface area (Å²) in [6, 6.07) is 5.69. The van der Waals surface area contributed by atoms with Gasteiger partial charge in [-0.3, -0.25) is 4.98 Å². The summed E-state index contributed by atoms with van der Waals surface area (Å²) < 4.78 is 12.1. The Labute approximate surface area is 124 Å². The molecule has 0 spiro atoms. The van der Waals surface area contributed by atoms with E-state index in [1.165, 1.54) is 6.33 Å². The van der Waals surface area contributed by atoms with Crippen LogP contribution in [-0.2, 0) is 9.31 Å². The minimum absolute atomic E-state index is 0.351. The van der Waals surface area contributed by atoms with Crippen molar-refractivity contribution in [3.8, 4) is 11.4 Å². The zero-order valence-electron chi connectivity index (χ0n) is 12.7. The summed E-state index contributed by atoms with van der Waals surface area (Å²) in [6.07, 6.45) is 4.96. The number of rotatable bonds is 2. The smallest absolute Gasteiger partial charge is 0.399 e. The molecule has 2 aromatic rings. The van der Waals surface area contributed by atoms with Gasteiger partial charge in [-0.15, -0.1) is 0 Å². The average molecular weight is 283 g/mol. The Kier molecular flexibility index (Phi) is 3.30. The van der Waals surface area contributed by atoms with E-state index in [4.69, 9.17) is 9.31 Å². The molecule has 21 heavy (non-hydrogen) atoms. The zero-order valence-corrected chi connectivity index (χ0v) is 12.7. The fourth-order valence-electron chi connectivity index (χ4n) is 2.15. The van der Waals surface area contributed by atoms with Gasteiger partial charge in [-0.05, 0) is 51.4 Å². The van der Waals surface area contributed by atoms with E-state index >= 15 is 0 Å². The second-order valence-corrected chi connectivity index (χ2v) is 6.16. The first-order valence-corrected chi connectivity index (χ1v) is 6.97. The molecule has 3 heterocycles. The predicted molar refractivity (Wildman–Crippen MR) is 81.0 cm³/mol. The quantitative estimate of drug-likeness (QED) is 0.787. The molecule has 1 aliphatic rings. The molecule has 1 saturated heterocycles. The first kappa shape index (κ1) is 14.2. The lowest BCUT2D eigenvalue weighted by atomic mass is 9.79. The fourth-order valence-corrected chi connectivity index (χ4v) is 2.15. The molecule has 0 amide bonds. The lowest BCUT2D eigenvalue weighted by Crippen LogP contribution is -2.41. The molecule has 6 heteroatoms. The number of aromatic nitrogens is 3. The first-order valence-electron chi connectivity index (χ1n) is 6.97. The second-order valence-electron chi connectivity index (χ2n) is 6.16. The Morgan fingerprint density at radius 2 is 1.62 bits per heavy atom. The van der Waals surface area contributed by atoms with E-state index in [2.05, 4.69) is 15.0 Å². The second kappa shape index (κ2) is 4.89. The van der Waals surface area contributed by atoms with E-state index in [-0.39, 0.29) is 11.2 Å². The Morgan fingerprint density at radius 1 is 0.905 bits per heavy atom. The summed E-state index contributed by atoms with van der Waals surface area (Å²) >= 11 is 0. The number of nitrogens with zero attached hydrogens (tertiary/aromatic N) is 3. The molecule has 2 aromatic heterocycles. The van der Waals surface area contributed by atoms with Crippen LogP contribution in [0.1, 0.15) is 27.7 Å². The third kappa shape index (κ3) is 2.56. The van der Waals surface area contributed by atoms with Crippen LogP contribution in [0.2, 0.25) is 0 Å². The van der Waals surface area contributed by atoms with Gasteiger partial charge in [0.1, 0.15) is 6.33 Å². The number of pyridine rings is 1. The SMILES string of the molecule is CC1(C)OB(c2ccnc(-c3ccncn3)c2)OC1(C)C. The average Bonchev–Trinajstić information content (AvgIpc) is 2.69. The lowest BCUT2D eigenvalue weighted by Gasteiger charge is -2.32. The molecule has 0 saturated carbocycles. The minimum Gasteiger partial charge on any atom is -0.399 e. The maximum atomic E-state index is 6.06. The van der Waals surface area contributed by atoms with Gasteiger partial charge in [0.25, 0.3) is 0 Å². The first-order chi connectivity index (χ1) is 9.89. The van der Waals surface area contributed by atoms with Gasteiger partial charge in [0.05, 0.1) is 22.6 Å². The standard InChI is InChI=1S/C15H18BN3O2/c1-14(2)15(3,4)21-16(20-14)11-5-8-18-13(9-11)12-6-7-17-10-19-12/h5-10H,1-4H3. The highest BCUT2D eigenvalue weighted by molar-refractivity contribution is 6.62. The molecular formula is C15H18BN3O2. The maximum absolute atomic E-state index is 6.06. The summed E-state index contributed by atoms with van der Waals surface area (Å²) in [5.74, 6) is 0. The van der Waals surface area contributed by atoms with Crippen LogP contribution in [0, 0.1) is 0 Å². The van der Waals surface area contributed by atoms with Crippen LogP contribution >= 0.6 is 0 Å². The van der Waals surface area contributed by atoms with E-state index in [0.717, 1.165) is 16.9 Å². The topological polar surface area (TPSA) is 57.1 Å². The molecule has 3 rings (SSSR count). The van der Waals surface area contributed by atoms with Crippen LogP contribution in [-0.4, -0.2) is 33.3 Å². The van der Waals surface area contributed by atoms with Gasteiger partial charge in [0.15, 0.2) is 0 Å². The Bertz CT molecular complexity index is 630. The van der Waals surface area contributed by atoms with Gasteiger partial charge in [-0.1, -0.05) is 0 Å². The van der Waals surface area contributed by atoms with Crippen molar-refractivity contribution in [2.24, 2.45) is 0 Å². The van der Waals surface area contributed by atoms with Crippen LogP contribution in [0.4, 0.5) is 0 Å². The fraction of sp³-hybridized carbons (Fsp3) is 0.400. The van der Waals surface area contributed by atoms with E-state index in [1.807, 2.05) is 45.9 Å². The van der Waals surface area contributed by atoms with Gasteiger partial charge in [-0.2, -0.15) is 0 Å². The molecule has 0 aromatic carbocycles. The highest BCUT2D eigenvalue weighted by Gasteiger charge is 2.51. The third-order valence-electron chi connectivity index (χ3n) is 4.15. The van der Waals surface area contributed by atoms with Gasteiger partial charge < -0.3 is 9.31 Å². The molecular weight excluding hydrogens is 265 g/mol. The van der Waals surface area contributed by atoms with E-state index in [9.17, 15) is 0 Å². The zero-order chi connectivity index (χ0) is 15.1. The molecule has 0 N–H and O–H groups in total. The van der Waals surface area contributed by atoms with Crippen LogP contribution in [0.3, 0.4) is 0 Å². The molecule has 0 bridgehead atoms. The largest absolute Gasteiger partial charge is 0.494 e. The van der Waals surface area contributed by atoms with Crippen molar-refractivity contribution in [2.75, 3.05) is 0 Å².